The number of ether oxygens (including phenoxy) is 1. The normalized spacial score (nSPS) is 10.9. The fraction of sp³-hybridized carbons (Fsp3) is 0.250. The second-order valence-corrected chi connectivity index (χ2v) is 4.32. The second kappa shape index (κ2) is 4.90. The van der Waals surface area contributed by atoms with Gasteiger partial charge in [-0.15, -0.1) is 0 Å². The molecule has 0 aliphatic rings. The molecule has 88 valence electrons. The molecule has 0 saturated carbocycles. The average Bonchev–Trinajstić information content (AvgIpc) is 2.28. The smallest absolute Gasteiger partial charge is 0.341 e. The molecule has 2 N–H and O–H groups in total. The first-order chi connectivity index (χ1) is 7.50. The van der Waals surface area contributed by atoms with Gasteiger partial charge in [0.2, 0.25) is 0 Å². The number of nitrogens with zero attached hydrogens (tertiary/aromatic N) is 1. The van der Waals surface area contributed by atoms with Crippen molar-refractivity contribution < 1.29 is 17.9 Å². The zero-order valence-electron chi connectivity index (χ0n) is 8.72. The number of esters is 1. The molecule has 0 bridgehead atoms. The van der Waals surface area contributed by atoms with Crippen molar-refractivity contribution in [3.63, 3.8) is 0 Å². The quantitative estimate of drug-likeness (QED) is 0.712. The average molecular weight is 245 g/mol. The van der Waals surface area contributed by atoms with E-state index in [1.54, 1.807) is 0 Å². The van der Waals surface area contributed by atoms with Crippen LogP contribution in [0, 0.1) is 0 Å². The van der Waals surface area contributed by atoms with Crippen LogP contribution in [0.1, 0.15) is 10.4 Å². The van der Waals surface area contributed by atoms with E-state index >= 15 is 0 Å². The van der Waals surface area contributed by atoms with Gasteiger partial charge in [-0.3, -0.25) is 4.72 Å². The summed E-state index contributed by atoms with van der Waals surface area (Å²) in [5, 5.41) is 0. The van der Waals surface area contributed by atoms with Gasteiger partial charge in [0, 0.05) is 13.2 Å². The summed E-state index contributed by atoms with van der Waals surface area (Å²) in [5.74, 6) is -0.745. The van der Waals surface area contributed by atoms with Crippen LogP contribution in [0.2, 0.25) is 0 Å². The zero-order chi connectivity index (χ0) is 12.2. The van der Waals surface area contributed by atoms with Crippen LogP contribution in [0.25, 0.3) is 0 Å². The molecule has 16 heavy (non-hydrogen) atoms. The molecule has 7 nitrogen and oxygen atoms in total. The third-order valence-electron chi connectivity index (χ3n) is 1.71. The van der Waals surface area contributed by atoms with Gasteiger partial charge in [-0.05, 0) is 12.1 Å². The number of pyridine rings is 1. The highest BCUT2D eigenvalue weighted by atomic mass is 32.2. The Hall–Kier alpha value is -1.67. The van der Waals surface area contributed by atoms with Gasteiger partial charge in [-0.25, -0.2) is 14.5 Å². The largest absolute Gasteiger partial charge is 0.465 e. The molecule has 0 saturated heterocycles. The molecule has 1 aromatic rings. The number of carbonyl (C=O) groups is 1. The van der Waals surface area contributed by atoms with Gasteiger partial charge in [0.05, 0.1) is 7.11 Å². The minimum Gasteiger partial charge on any atom is -0.465 e. The van der Waals surface area contributed by atoms with E-state index in [1.165, 1.54) is 32.5 Å². The van der Waals surface area contributed by atoms with Gasteiger partial charge in [0.25, 0.3) is 10.2 Å². The lowest BCUT2D eigenvalue weighted by Crippen LogP contribution is -2.27. The molecule has 0 amide bonds. The summed E-state index contributed by atoms with van der Waals surface area (Å²) in [5.41, 5.74) is 0.0452. The number of anilines is 1. The topological polar surface area (TPSA) is 97.4 Å². The Morgan fingerprint density at radius 3 is 2.75 bits per heavy atom. The lowest BCUT2D eigenvalue weighted by atomic mass is 10.2. The standard InChI is InChI=1S/C8H11N3O4S/c1-9-16(13,14)11-7-6(8(12)15-2)4-3-5-10-7/h3-5,9H,1-2H3,(H,10,11). The summed E-state index contributed by atoms with van der Waals surface area (Å²) in [6.07, 6.45) is 1.36. The van der Waals surface area contributed by atoms with E-state index in [9.17, 15) is 13.2 Å². The molecular formula is C8H11N3O4S. The highest BCUT2D eigenvalue weighted by molar-refractivity contribution is 7.90. The number of rotatable bonds is 4. The van der Waals surface area contributed by atoms with Crippen molar-refractivity contribution in [1.29, 1.82) is 0 Å². The minimum atomic E-state index is -3.71. The maximum absolute atomic E-state index is 11.3. The number of hydrogen-bond donors (Lipinski definition) is 2. The van der Waals surface area contributed by atoms with E-state index in [-0.39, 0.29) is 11.4 Å². The highest BCUT2D eigenvalue weighted by Crippen LogP contribution is 2.13. The Morgan fingerprint density at radius 2 is 2.19 bits per heavy atom. The summed E-state index contributed by atoms with van der Waals surface area (Å²) in [6, 6.07) is 2.91. The molecule has 0 atom stereocenters. The summed E-state index contributed by atoms with van der Waals surface area (Å²) in [6.45, 7) is 0. The Morgan fingerprint density at radius 1 is 1.50 bits per heavy atom. The van der Waals surface area contributed by atoms with Crippen LogP contribution >= 0.6 is 0 Å². The molecule has 1 heterocycles. The van der Waals surface area contributed by atoms with Crippen molar-refractivity contribution in [1.82, 2.24) is 9.71 Å². The predicted octanol–water partition coefficient (Wildman–Crippen LogP) is -0.256. The van der Waals surface area contributed by atoms with Crippen LogP contribution in [-0.4, -0.2) is 33.5 Å². The van der Waals surface area contributed by atoms with Crippen molar-refractivity contribution >= 4 is 22.0 Å². The van der Waals surface area contributed by atoms with Crippen LogP contribution in [0.5, 0.6) is 0 Å². The molecule has 0 aromatic carbocycles. The van der Waals surface area contributed by atoms with Crippen LogP contribution < -0.4 is 9.44 Å². The molecule has 0 radical (unpaired) electrons. The van der Waals surface area contributed by atoms with Gasteiger partial charge >= 0.3 is 5.97 Å². The molecule has 0 fully saturated rings. The lowest BCUT2D eigenvalue weighted by Gasteiger charge is -2.08. The Labute approximate surface area is 93.0 Å². The SMILES string of the molecule is CNS(=O)(=O)Nc1ncccc1C(=O)OC. The Kier molecular flexibility index (Phi) is 3.80. The van der Waals surface area contributed by atoms with E-state index in [0.717, 1.165) is 0 Å². The Balaban J connectivity index is 3.10. The van der Waals surface area contributed by atoms with E-state index in [0.29, 0.717) is 0 Å². The number of carbonyl (C=O) groups excluding carboxylic acids is 1. The summed E-state index contributed by atoms with van der Waals surface area (Å²) in [7, 11) is -1.27. The molecule has 8 heteroatoms. The van der Waals surface area contributed by atoms with Gasteiger partial charge in [-0.1, -0.05) is 0 Å². The predicted molar refractivity (Wildman–Crippen MR) is 57.2 cm³/mol. The second-order valence-electron chi connectivity index (χ2n) is 2.70. The van der Waals surface area contributed by atoms with Crippen molar-refractivity contribution in [2.75, 3.05) is 18.9 Å². The van der Waals surface area contributed by atoms with E-state index in [2.05, 4.69) is 14.4 Å². The third-order valence-corrected chi connectivity index (χ3v) is 2.71. The van der Waals surface area contributed by atoms with Crippen molar-refractivity contribution in [3.05, 3.63) is 23.9 Å². The molecule has 0 unspecified atom stereocenters. The van der Waals surface area contributed by atoms with Gasteiger partial charge in [0.1, 0.15) is 5.56 Å². The highest BCUT2D eigenvalue weighted by Gasteiger charge is 2.16. The lowest BCUT2D eigenvalue weighted by molar-refractivity contribution is 0.0601. The van der Waals surface area contributed by atoms with Gasteiger partial charge in [0.15, 0.2) is 5.82 Å². The third kappa shape index (κ3) is 2.91. The van der Waals surface area contributed by atoms with E-state index < -0.39 is 16.2 Å². The van der Waals surface area contributed by atoms with Crippen LogP contribution in [-0.2, 0) is 14.9 Å². The molecule has 0 aliphatic carbocycles. The van der Waals surface area contributed by atoms with Crippen LogP contribution in [0.15, 0.2) is 18.3 Å². The fourth-order valence-corrected chi connectivity index (χ4v) is 1.46. The van der Waals surface area contributed by atoms with E-state index in [4.69, 9.17) is 0 Å². The maximum Gasteiger partial charge on any atom is 0.341 e. The first kappa shape index (κ1) is 12.4. The molecule has 1 rings (SSSR count). The minimum absolute atomic E-state index is 0.0452. The van der Waals surface area contributed by atoms with Crippen LogP contribution in [0.4, 0.5) is 5.82 Å². The van der Waals surface area contributed by atoms with E-state index in [1.807, 2.05) is 4.72 Å². The van der Waals surface area contributed by atoms with Crippen LogP contribution in [0.3, 0.4) is 0 Å². The number of nitrogens with one attached hydrogen (secondary N) is 2. The molecule has 1 aromatic heterocycles. The molecule has 0 aliphatic heterocycles. The molecule has 0 spiro atoms. The van der Waals surface area contributed by atoms with Gasteiger partial charge in [-0.2, -0.15) is 8.42 Å². The number of hydrogen-bond acceptors (Lipinski definition) is 5. The monoisotopic (exact) mass is 245 g/mol. The summed E-state index contributed by atoms with van der Waals surface area (Å²) in [4.78, 5) is 15.0. The summed E-state index contributed by atoms with van der Waals surface area (Å²) >= 11 is 0. The van der Waals surface area contributed by atoms with Crippen molar-refractivity contribution in [2.24, 2.45) is 0 Å². The summed E-state index contributed by atoms with van der Waals surface area (Å²) < 4.78 is 31.1. The Bertz CT molecular complexity index is 486. The first-order valence-electron chi connectivity index (χ1n) is 4.25. The first-order valence-corrected chi connectivity index (χ1v) is 5.73. The van der Waals surface area contributed by atoms with Gasteiger partial charge < -0.3 is 4.74 Å². The number of aromatic nitrogens is 1. The number of methoxy groups -OCH3 is 1. The molecular weight excluding hydrogens is 234 g/mol. The zero-order valence-corrected chi connectivity index (χ0v) is 9.54. The van der Waals surface area contributed by atoms with Crippen molar-refractivity contribution in [2.45, 2.75) is 0 Å². The maximum atomic E-state index is 11.3. The fourth-order valence-electron chi connectivity index (χ4n) is 0.940. The van der Waals surface area contributed by atoms with Crippen molar-refractivity contribution in [3.8, 4) is 0 Å².